The first-order chi connectivity index (χ1) is 22.1. The third kappa shape index (κ3) is 4.60. The van der Waals surface area contributed by atoms with Gasteiger partial charge < -0.3 is 19.1 Å². The van der Waals surface area contributed by atoms with Crippen LogP contribution in [0.5, 0.6) is 5.75 Å². The Bertz CT molecular complexity index is 1850. The Morgan fingerprint density at radius 1 is 0.978 bits per heavy atom. The highest BCUT2D eigenvalue weighted by Gasteiger charge is 2.65. The number of methoxy groups -OCH3 is 1. The molecule has 46 heavy (non-hydrogen) atoms. The summed E-state index contributed by atoms with van der Waals surface area (Å²) >= 11 is 0. The zero-order valence-corrected chi connectivity index (χ0v) is 27.7. The number of benzene rings is 2. The Kier molecular flexibility index (Phi) is 7.04. The molecule has 2 bridgehead atoms. The fourth-order valence-corrected chi connectivity index (χ4v) is 9.82. The van der Waals surface area contributed by atoms with Crippen LogP contribution in [0.3, 0.4) is 0 Å². The minimum Gasteiger partial charge on any atom is -0.497 e. The van der Waals surface area contributed by atoms with Crippen LogP contribution >= 0.6 is 0 Å². The molecule has 2 aliphatic carbocycles. The maximum atomic E-state index is 14.9. The van der Waals surface area contributed by atoms with Crippen LogP contribution in [-0.4, -0.2) is 81.0 Å². The molecular weight excluding hydrogens is 602 g/mol. The van der Waals surface area contributed by atoms with Crippen molar-refractivity contribution in [3.05, 3.63) is 53.1 Å². The first-order valence-corrected chi connectivity index (χ1v) is 18.2. The molecule has 2 unspecified atom stereocenters. The first-order valence-electron chi connectivity index (χ1n) is 16.8. The number of nitrogens with zero attached hydrogens (tertiary/aromatic N) is 3. The number of likely N-dealkylation sites (N-methyl/N-ethyl adjacent to an activating group) is 1. The van der Waals surface area contributed by atoms with Crippen molar-refractivity contribution < 1.29 is 22.7 Å². The fourth-order valence-electron chi connectivity index (χ4n) is 9.36. The monoisotopic (exact) mass is 645 g/mol. The van der Waals surface area contributed by atoms with Gasteiger partial charge in [-0.25, -0.2) is 9.44 Å². The first kappa shape index (κ1) is 30.0. The van der Waals surface area contributed by atoms with Crippen molar-refractivity contribution in [2.24, 2.45) is 5.41 Å². The van der Waals surface area contributed by atoms with Gasteiger partial charge >= 0.3 is 10.2 Å². The van der Waals surface area contributed by atoms with Crippen LogP contribution in [0.15, 0.2) is 36.4 Å². The minimum absolute atomic E-state index is 0.0746. The van der Waals surface area contributed by atoms with Crippen LogP contribution < -0.4 is 14.2 Å². The average molecular weight is 646 g/mol. The van der Waals surface area contributed by atoms with E-state index >= 15 is 0 Å². The van der Waals surface area contributed by atoms with Gasteiger partial charge in [0.05, 0.1) is 18.2 Å². The number of carbonyl (C=O) groups excluding carboxylic acids is 2. The Morgan fingerprint density at radius 2 is 1.72 bits per heavy atom. The number of hydrogen-bond acceptors (Lipinski definition) is 6. The molecule has 2 saturated carbocycles. The lowest BCUT2D eigenvalue weighted by Gasteiger charge is -2.41. The molecule has 10 nitrogen and oxygen atoms in total. The van der Waals surface area contributed by atoms with E-state index in [0.717, 1.165) is 73.1 Å². The summed E-state index contributed by atoms with van der Waals surface area (Å²) < 4.78 is 36.8. The van der Waals surface area contributed by atoms with Crippen LogP contribution in [0.2, 0.25) is 0 Å². The largest absolute Gasteiger partial charge is 0.497 e. The molecule has 1 aromatic heterocycles. The number of aromatic nitrogens is 1. The number of ether oxygens (including phenoxy) is 1. The quantitative estimate of drug-likeness (QED) is 0.412. The van der Waals surface area contributed by atoms with Gasteiger partial charge in [-0.2, -0.15) is 8.42 Å². The Balaban J connectivity index is 1.33. The van der Waals surface area contributed by atoms with Crippen LogP contribution in [0.25, 0.3) is 22.2 Å². The van der Waals surface area contributed by atoms with E-state index in [1.807, 2.05) is 18.2 Å². The van der Waals surface area contributed by atoms with Crippen molar-refractivity contribution in [2.45, 2.75) is 81.8 Å². The molecule has 2 aromatic carbocycles. The molecule has 2 N–H and O–H groups in total. The van der Waals surface area contributed by atoms with Gasteiger partial charge in [0.25, 0.3) is 5.91 Å². The fraction of sp³-hybridized carbons (Fsp3) is 0.543. The number of fused-ring (bicyclic) bond motifs is 9. The van der Waals surface area contributed by atoms with Crippen molar-refractivity contribution in [1.82, 2.24) is 23.8 Å². The topological polar surface area (TPSA) is 113 Å². The van der Waals surface area contributed by atoms with E-state index in [4.69, 9.17) is 4.74 Å². The second-order valence-electron chi connectivity index (χ2n) is 14.2. The number of piperazine rings is 1. The average Bonchev–Trinajstić information content (AvgIpc) is 3.64. The molecule has 5 aliphatic rings. The number of amides is 2. The zero-order valence-electron chi connectivity index (χ0n) is 26.8. The molecule has 4 fully saturated rings. The SMILES string of the molecule is CNS(=O)(=O)NC(=O)c1ccc2c(C3CCCCC3)c3n(c2c1)CC1(C(=O)N2[C@@H]4CC[C@@H]2CN(C)C4)CC1c1cc(OC)ccc1-3. The van der Waals surface area contributed by atoms with Crippen molar-refractivity contribution in [1.29, 1.82) is 0 Å². The highest BCUT2D eigenvalue weighted by atomic mass is 32.2. The second kappa shape index (κ2) is 10.8. The predicted octanol–water partition coefficient (Wildman–Crippen LogP) is 4.35. The van der Waals surface area contributed by atoms with Gasteiger partial charge in [0.1, 0.15) is 5.75 Å². The number of rotatable bonds is 6. The molecule has 244 valence electrons. The van der Waals surface area contributed by atoms with Gasteiger partial charge in [-0.15, -0.1) is 0 Å². The second-order valence-corrected chi connectivity index (χ2v) is 15.9. The normalized spacial score (nSPS) is 27.5. The minimum atomic E-state index is -3.97. The molecule has 2 saturated heterocycles. The summed E-state index contributed by atoms with van der Waals surface area (Å²) in [6, 6.07) is 12.4. The predicted molar refractivity (Wildman–Crippen MR) is 176 cm³/mol. The lowest BCUT2D eigenvalue weighted by molar-refractivity contribution is -0.143. The number of nitrogens with one attached hydrogen (secondary N) is 2. The van der Waals surface area contributed by atoms with Crippen LogP contribution in [0, 0.1) is 5.41 Å². The van der Waals surface area contributed by atoms with Gasteiger partial charge in [-0.05, 0) is 86.5 Å². The molecule has 11 heteroatoms. The molecule has 2 amide bonds. The smallest absolute Gasteiger partial charge is 0.301 e. The Labute approximate surface area is 270 Å². The summed E-state index contributed by atoms with van der Waals surface area (Å²) in [6.45, 7) is 2.34. The Hall–Kier alpha value is -3.41. The van der Waals surface area contributed by atoms with Crippen LogP contribution in [-0.2, 0) is 21.5 Å². The summed E-state index contributed by atoms with van der Waals surface area (Å²) in [4.78, 5) is 32.8. The summed E-state index contributed by atoms with van der Waals surface area (Å²) in [6.07, 6.45) is 8.63. The number of carbonyl (C=O) groups is 2. The van der Waals surface area contributed by atoms with Gasteiger partial charge in [0, 0.05) is 66.7 Å². The van der Waals surface area contributed by atoms with E-state index in [1.165, 1.54) is 37.4 Å². The standard InChI is InChI=1S/C35H43N5O5S/c1-36-46(43,44)37-33(41)22-9-13-27-30(15-22)39-20-35(34(42)40-23-10-11-24(40)19-38(2)18-23)17-29(35)28-16-25(45-3)12-14-26(28)32(39)31(27)21-7-5-4-6-8-21/h9,12-16,21,23-24,29,36H,4-8,10-11,17-20H2,1-3H3,(H,37,41)/t23-,24-,29?,35?/m1/s1. The molecule has 4 heterocycles. The van der Waals surface area contributed by atoms with E-state index in [2.05, 4.69) is 43.0 Å². The van der Waals surface area contributed by atoms with E-state index in [1.54, 1.807) is 13.2 Å². The highest BCUT2D eigenvalue weighted by molar-refractivity contribution is 7.88. The molecule has 0 radical (unpaired) electrons. The molecule has 4 atom stereocenters. The zero-order chi connectivity index (χ0) is 32.0. The van der Waals surface area contributed by atoms with Crippen molar-refractivity contribution in [2.75, 3.05) is 34.3 Å². The molecular formula is C35H43N5O5S. The highest BCUT2D eigenvalue weighted by Crippen LogP contribution is 2.66. The van der Waals surface area contributed by atoms with Gasteiger partial charge in [-0.1, -0.05) is 25.3 Å². The van der Waals surface area contributed by atoms with Gasteiger partial charge in [0.15, 0.2) is 0 Å². The maximum absolute atomic E-state index is 14.9. The van der Waals surface area contributed by atoms with Crippen LogP contribution in [0.1, 0.15) is 84.7 Å². The molecule has 0 spiro atoms. The van der Waals surface area contributed by atoms with Crippen molar-refractivity contribution in [3.8, 4) is 17.0 Å². The van der Waals surface area contributed by atoms with Crippen LogP contribution in [0.4, 0.5) is 0 Å². The third-order valence-corrected chi connectivity index (χ3v) is 12.6. The van der Waals surface area contributed by atoms with Crippen molar-refractivity contribution in [3.63, 3.8) is 0 Å². The van der Waals surface area contributed by atoms with E-state index in [0.29, 0.717) is 12.5 Å². The van der Waals surface area contributed by atoms with E-state index < -0.39 is 21.5 Å². The van der Waals surface area contributed by atoms with Gasteiger partial charge in [-0.3, -0.25) is 9.59 Å². The summed E-state index contributed by atoms with van der Waals surface area (Å²) in [5.41, 5.74) is 5.30. The van der Waals surface area contributed by atoms with E-state index in [9.17, 15) is 18.0 Å². The van der Waals surface area contributed by atoms with Gasteiger partial charge in [0.2, 0.25) is 5.91 Å². The lowest BCUT2D eigenvalue weighted by atomic mass is 9.81. The summed E-state index contributed by atoms with van der Waals surface area (Å²) in [5.74, 6) is 0.802. The number of likely N-dealkylation sites (tertiary alicyclic amines) is 1. The van der Waals surface area contributed by atoms with E-state index in [-0.39, 0.29) is 29.5 Å². The summed E-state index contributed by atoms with van der Waals surface area (Å²) in [7, 11) is 1.14. The number of hydrogen-bond donors (Lipinski definition) is 2. The molecule has 3 aliphatic heterocycles. The van der Waals surface area contributed by atoms with Crippen molar-refractivity contribution >= 4 is 32.9 Å². The lowest BCUT2D eigenvalue weighted by Crippen LogP contribution is -2.57. The molecule has 3 aromatic rings. The summed E-state index contributed by atoms with van der Waals surface area (Å²) in [5, 5.41) is 1.08. The molecule has 8 rings (SSSR count). The maximum Gasteiger partial charge on any atom is 0.301 e. The Morgan fingerprint density at radius 3 is 2.41 bits per heavy atom. The third-order valence-electron chi connectivity index (χ3n) is 11.6.